The fourth-order valence-electron chi connectivity index (χ4n) is 2.85. The molecule has 1 aliphatic rings. The number of aliphatic hydroxyl groups is 1. The van der Waals surface area contributed by atoms with Gasteiger partial charge in [0.1, 0.15) is 0 Å². The van der Waals surface area contributed by atoms with Crippen molar-refractivity contribution in [1.29, 1.82) is 0 Å². The molecule has 0 bridgehead atoms. The summed E-state index contributed by atoms with van der Waals surface area (Å²) in [5.41, 5.74) is -1.09. The molecule has 1 aliphatic carbocycles. The van der Waals surface area contributed by atoms with Crippen LogP contribution in [0.1, 0.15) is 47.0 Å². The summed E-state index contributed by atoms with van der Waals surface area (Å²) in [4.78, 5) is 11.8. The third-order valence-corrected chi connectivity index (χ3v) is 3.98. The molecule has 3 nitrogen and oxygen atoms in total. The summed E-state index contributed by atoms with van der Waals surface area (Å²) >= 11 is 0. The number of esters is 1. The van der Waals surface area contributed by atoms with Crippen LogP contribution < -0.4 is 0 Å². The van der Waals surface area contributed by atoms with E-state index >= 15 is 0 Å². The molecule has 1 saturated carbocycles. The molecule has 1 fully saturated rings. The Morgan fingerprint density at radius 3 is 2.38 bits per heavy atom. The topological polar surface area (TPSA) is 46.5 Å². The van der Waals surface area contributed by atoms with Gasteiger partial charge in [-0.05, 0) is 36.5 Å². The van der Waals surface area contributed by atoms with Gasteiger partial charge in [0.25, 0.3) is 0 Å². The van der Waals surface area contributed by atoms with Crippen molar-refractivity contribution in [3.63, 3.8) is 0 Å². The van der Waals surface area contributed by atoms with E-state index in [1.807, 2.05) is 13.8 Å². The lowest BCUT2D eigenvalue weighted by Crippen LogP contribution is -2.50. The van der Waals surface area contributed by atoms with Crippen LogP contribution in [0.3, 0.4) is 0 Å². The van der Waals surface area contributed by atoms with Gasteiger partial charge in [0.05, 0.1) is 7.11 Å². The molecule has 2 atom stereocenters. The Balaban J connectivity index is 2.92. The molecule has 0 aromatic heterocycles. The number of hydrogen-bond acceptors (Lipinski definition) is 3. The average Bonchev–Trinajstić information content (AvgIpc) is 2.56. The summed E-state index contributed by atoms with van der Waals surface area (Å²) in [5.74, 6) is -0.570. The molecule has 0 spiro atoms. The third-order valence-electron chi connectivity index (χ3n) is 3.98. The Hall–Kier alpha value is -0.570. The predicted molar refractivity (Wildman–Crippen MR) is 62.9 cm³/mol. The van der Waals surface area contributed by atoms with E-state index in [0.717, 1.165) is 19.3 Å². The van der Waals surface area contributed by atoms with E-state index in [2.05, 4.69) is 13.8 Å². The van der Waals surface area contributed by atoms with Crippen LogP contribution in [0.15, 0.2) is 0 Å². The van der Waals surface area contributed by atoms with Gasteiger partial charge in [-0.25, -0.2) is 4.79 Å². The van der Waals surface area contributed by atoms with Gasteiger partial charge in [0.15, 0.2) is 5.60 Å². The maximum Gasteiger partial charge on any atom is 0.338 e. The van der Waals surface area contributed by atoms with E-state index in [9.17, 15) is 9.90 Å². The SMILES string of the molecule is COC(=O)C(O)(C(C)C)C1CCC(C)(C)C1. The minimum Gasteiger partial charge on any atom is -0.467 e. The third kappa shape index (κ3) is 2.24. The molecular formula is C13H24O3. The highest BCUT2D eigenvalue weighted by atomic mass is 16.5. The van der Waals surface area contributed by atoms with Crippen molar-refractivity contribution < 1.29 is 14.6 Å². The summed E-state index contributed by atoms with van der Waals surface area (Å²) in [6, 6.07) is 0. The van der Waals surface area contributed by atoms with E-state index in [1.165, 1.54) is 7.11 Å². The number of ether oxygens (including phenoxy) is 1. The average molecular weight is 228 g/mol. The molecule has 0 radical (unpaired) electrons. The minimum atomic E-state index is -1.32. The standard InChI is InChI=1S/C13H24O3/c1-9(2)13(15,11(14)16-5)10-6-7-12(3,4)8-10/h9-10,15H,6-8H2,1-5H3. The van der Waals surface area contributed by atoms with Crippen LogP contribution in [0.2, 0.25) is 0 Å². The van der Waals surface area contributed by atoms with Gasteiger partial charge >= 0.3 is 5.97 Å². The van der Waals surface area contributed by atoms with Crippen molar-refractivity contribution in [2.45, 2.75) is 52.6 Å². The van der Waals surface area contributed by atoms with Gasteiger partial charge < -0.3 is 9.84 Å². The molecular weight excluding hydrogens is 204 g/mol. The number of carbonyl (C=O) groups is 1. The predicted octanol–water partition coefficient (Wildman–Crippen LogP) is 2.37. The first-order valence-corrected chi connectivity index (χ1v) is 6.05. The Morgan fingerprint density at radius 1 is 1.50 bits per heavy atom. The van der Waals surface area contributed by atoms with Crippen LogP contribution in [0, 0.1) is 17.3 Å². The summed E-state index contributed by atoms with van der Waals surface area (Å²) < 4.78 is 4.77. The molecule has 16 heavy (non-hydrogen) atoms. The molecule has 94 valence electrons. The van der Waals surface area contributed by atoms with Crippen LogP contribution in [0.4, 0.5) is 0 Å². The van der Waals surface area contributed by atoms with Gasteiger partial charge in [-0.3, -0.25) is 0 Å². The molecule has 2 unspecified atom stereocenters. The second-order valence-electron chi connectivity index (χ2n) is 6.08. The minimum absolute atomic E-state index is 0.0231. The van der Waals surface area contributed by atoms with Crippen molar-refractivity contribution in [3.8, 4) is 0 Å². The van der Waals surface area contributed by atoms with Gasteiger partial charge in [0.2, 0.25) is 0 Å². The monoisotopic (exact) mass is 228 g/mol. The van der Waals surface area contributed by atoms with Crippen LogP contribution in [0.5, 0.6) is 0 Å². The highest BCUT2D eigenvalue weighted by molar-refractivity contribution is 5.80. The molecule has 0 aliphatic heterocycles. The van der Waals surface area contributed by atoms with E-state index < -0.39 is 11.6 Å². The second-order valence-corrected chi connectivity index (χ2v) is 6.08. The molecule has 0 aromatic carbocycles. The Bertz CT molecular complexity index is 270. The van der Waals surface area contributed by atoms with Crippen molar-refractivity contribution in [2.75, 3.05) is 7.11 Å². The van der Waals surface area contributed by atoms with Crippen molar-refractivity contribution in [2.24, 2.45) is 17.3 Å². The Morgan fingerprint density at radius 2 is 2.06 bits per heavy atom. The fraction of sp³-hybridized carbons (Fsp3) is 0.923. The lowest BCUT2D eigenvalue weighted by Gasteiger charge is -2.35. The second kappa shape index (κ2) is 4.36. The maximum absolute atomic E-state index is 11.8. The smallest absolute Gasteiger partial charge is 0.338 e. The van der Waals surface area contributed by atoms with E-state index in [0.29, 0.717) is 0 Å². The molecule has 0 aromatic rings. The van der Waals surface area contributed by atoms with Gasteiger partial charge in [-0.2, -0.15) is 0 Å². The van der Waals surface area contributed by atoms with Crippen molar-refractivity contribution >= 4 is 5.97 Å². The maximum atomic E-state index is 11.8. The van der Waals surface area contributed by atoms with Crippen molar-refractivity contribution in [1.82, 2.24) is 0 Å². The quantitative estimate of drug-likeness (QED) is 0.754. The molecule has 3 heteroatoms. The Kier molecular flexibility index (Phi) is 3.68. The zero-order valence-electron chi connectivity index (χ0n) is 11.0. The summed E-state index contributed by atoms with van der Waals surface area (Å²) in [6.07, 6.45) is 2.84. The van der Waals surface area contributed by atoms with Crippen molar-refractivity contribution in [3.05, 3.63) is 0 Å². The first kappa shape index (κ1) is 13.5. The van der Waals surface area contributed by atoms with Crippen LogP contribution in [-0.2, 0) is 9.53 Å². The Labute approximate surface area is 98.2 Å². The zero-order valence-corrected chi connectivity index (χ0v) is 11.0. The molecule has 0 heterocycles. The summed E-state index contributed by atoms with van der Waals surface area (Å²) in [6.45, 7) is 8.13. The van der Waals surface area contributed by atoms with E-state index in [4.69, 9.17) is 4.74 Å². The number of hydrogen-bond donors (Lipinski definition) is 1. The first-order valence-electron chi connectivity index (χ1n) is 6.05. The van der Waals surface area contributed by atoms with E-state index in [-0.39, 0.29) is 17.3 Å². The molecule has 0 amide bonds. The van der Waals surface area contributed by atoms with Crippen LogP contribution >= 0.6 is 0 Å². The highest BCUT2D eigenvalue weighted by Crippen LogP contribution is 2.47. The van der Waals surface area contributed by atoms with Crippen LogP contribution in [0.25, 0.3) is 0 Å². The normalized spacial score (nSPS) is 27.8. The van der Waals surface area contributed by atoms with Gasteiger partial charge in [0, 0.05) is 0 Å². The number of carbonyl (C=O) groups excluding carboxylic acids is 1. The van der Waals surface area contributed by atoms with E-state index in [1.54, 1.807) is 0 Å². The largest absolute Gasteiger partial charge is 0.467 e. The van der Waals surface area contributed by atoms with Gasteiger partial charge in [-0.1, -0.05) is 27.7 Å². The first-order chi connectivity index (χ1) is 7.24. The zero-order chi connectivity index (χ0) is 12.6. The number of rotatable bonds is 3. The molecule has 0 saturated heterocycles. The lowest BCUT2D eigenvalue weighted by atomic mass is 9.76. The molecule has 1 N–H and O–H groups in total. The lowest BCUT2D eigenvalue weighted by molar-refractivity contribution is -0.175. The summed E-state index contributed by atoms with van der Waals surface area (Å²) in [5, 5.41) is 10.6. The summed E-state index contributed by atoms with van der Waals surface area (Å²) in [7, 11) is 1.34. The molecule has 1 rings (SSSR count). The van der Waals surface area contributed by atoms with Crippen LogP contribution in [-0.4, -0.2) is 23.8 Å². The van der Waals surface area contributed by atoms with Gasteiger partial charge in [-0.15, -0.1) is 0 Å². The highest BCUT2D eigenvalue weighted by Gasteiger charge is 2.51. The fourth-order valence-corrected chi connectivity index (χ4v) is 2.85. The number of methoxy groups -OCH3 is 1.